The molecule has 1 aromatic heterocycles. The van der Waals surface area contributed by atoms with Crippen LogP contribution < -0.4 is 0 Å². The molecule has 2 atom stereocenters. The Bertz CT molecular complexity index is 818. The molecule has 0 N–H and O–H groups in total. The fourth-order valence-corrected chi connectivity index (χ4v) is 5.73. The Kier molecular flexibility index (Phi) is 6.21. The number of amides is 1. The molecule has 146 valence electrons. The molecule has 27 heavy (non-hydrogen) atoms. The standard InChI is InChI=1S/C21H25ClN2OS.ClH/c1-21(24-11-4-3-5-12-24)14-17(23(2)20(21)25)19-10-9-18(26-19)15-7-6-8-16(22)13-15;/h6-10,13,17H,3-5,11-12,14H2,1-2H3;1H. The van der Waals surface area contributed by atoms with Crippen molar-refractivity contribution in [3.63, 3.8) is 0 Å². The van der Waals surface area contributed by atoms with Crippen molar-refractivity contribution in [1.82, 2.24) is 9.80 Å². The van der Waals surface area contributed by atoms with Gasteiger partial charge < -0.3 is 4.90 Å². The van der Waals surface area contributed by atoms with Gasteiger partial charge in [-0.3, -0.25) is 9.69 Å². The number of halogens is 2. The highest BCUT2D eigenvalue weighted by molar-refractivity contribution is 7.15. The number of piperidine rings is 1. The summed E-state index contributed by atoms with van der Waals surface area (Å²) in [6, 6.07) is 12.5. The molecule has 1 aromatic carbocycles. The third-order valence-corrected chi connectivity index (χ3v) is 7.43. The molecule has 0 aliphatic carbocycles. The Morgan fingerprint density at radius 1 is 1.15 bits per heavy atom. The van der Waals surface area contributed by atoms with Crippen molar-refractivity contribution in [1.29, 1.82) is 0 Å². The number of hydrogen-bond donors (Lipinski definition) is 0. The summed E-state index contributed by atoms with van der Waals surface area (Å²) < 4.78 is 0. The van der Waals surface area contributed by atoms with Gasteiger partial charge in [0.25, 0.3) is 0 Å². The minimum atomic E-state index is -0.361. The molecular formula is C21H26Cl2N2OS. The molecule has 2 saturated heterocycles. The average molecular weight is 425 g/mol. The smallest absolute Gasteiger partial charge is 0.243 e. The molecular weight excluding hydrogens is 399 g/mol. The Morgan fingerprint density at radius 2 is 1.89 bits per heavy atom. The van der Waals surface area contributed by atoms with Gasteiger partial charge in [-0.2, -0.15) is 0 Å². The van der Waals surface area contributed by atoms with Crippen molar-refractivity contribution in [3.8, 4) is 10.4 Å². The van der Waals surface area contributed by atoms with E-state index >= 15 is 0 Å². The van der Waals surface area contributed by atoms with E-state index < -0.39 is 0 Å². The summed E-state index contributed by atoms with van der Waals surface area (Å²) in [5.74, 6) is 0.266. The Balaban J connectivity index is 0.00000210. The summed E-state index contributed by atoms with van der Waals surface area (Å²) >= 11 is 7.91. The van der Waals surface area contributed by atoms with Crippen molar-refractivity contribution in [2.45, 2.75) is 44.2 Å². The predicted octanol–water partition coefficient (Wildman–Crippen LogP) is 5.64. The SMILES string of the molecule is CN1C(=O)C(C)(N2CCCCC2)CC1c1ccc(-c2cccc(Cl)c2)s1.Cl. The van der Waals surface area contributed by atoms with Crippen LogP contribution in [0.2, 0.25) is 5.02 Å². The highest BCUT2D eigenvalue weighted by Gasteiger charge is 2.51. The molecule has 0 radical (unpaired) electrons. The maximum Gasteiger partial charge on any atom is 0.243 e. The predicted molar refractivity (Wildman–Crippen MR) is 116 cm³/mol. The summed E-state index contributed by atoms with van der Waals surface area (Å²) in [6.07, 6.45) is 4.57. The van der Waals surface area contributed by atoms with Crippen LogP contribution in [0.15, 0.2) is 36.4 Å². The molecule has 0 bridgehead atoms. The lowest BCUT2D eigenvalue weighted by atomic mass is 9.92. The Morgan fingerprint density at radius 3 is 2.59 bits per heavy atom. The van der Waals surface area contributed by atoms with Crippen LogP contribution in [-0.4, -0.2) is 41.4 Å². The van der Waals surface area contributed by atoms with Crippen LogP contribution in [0.1, 0.15) is 43.5 Å². The van der Waals surface area contributed by atoms with Crippen LogP contribution in [0.5, 0.6) is 0 Å². The molecule has 0 saturated carbocycles. The van der Waals surface area contributed by atoms with E-state index in [9.17, 15) is 4.79 Å². The van der Waals surface area contributed by atoms with Crippen LogP contribution >= 0.6 is 35.3 Å². The van der Waals surface area contributed by atoms with E-state index in [1.54, 1.807) is 11.3 Å². The molecule has 2 aromatic rings. The van der Waals surface area contributed by atoms with Gasteiger partial charge in [0.1, 0.15) is 5.54 Å². The van der Waals surface area contributed by atoms with Crippen LogP contribution in [0.3, 0.4) is 0 Å². The zero-order chi connectivity index (χ0) is 18.3. The quantitative estimate of drug-likeness (QED) is 0.636. The maximum absolute atomic E-state index is 13.1. The van der Waals surface area contributed by atoms with Gasteiger partial charge in [-0.05, 0) is 69.1 Å². The van der Waals surface area contributed by atoms with Gasteiger partial charge in [0.05, 0.1) is 6.04 Å². The fourth-order valence-electron chi connectivity index (χ4n) is 4.39. The van der Waals surface area contributed by atoms with Crippen LogP contribution in [0.4, 0.5) is 0 Å². The second-order valence-electron chi connectivity index (χ2n) is 7.67. The van der Waals surface area contributed by atoms with E-state index in [4.69, 9.17) is 11.6 Å². The first kappa shape index (κ1) is 20.7. The van der Waals surface area contributed by atoms with E-state index in [-0.39, 0.29) is 29.9 Å². The van der Waals surface area contributed by atoms with Crippen LogP contribution in [-0.2, 0) is 4.79 Å². The first-order valence-electron chi connectivity index (χ1n) is 9.37. The summed E-state index contributed by atoms with van der Waals surface area (Å²) in [7, 11) is 1.96. The number of nitrogens with zero attached hydrogens (tertiary/aromatic N) is 2. The molecule has 4 rings (SSSR count). The van der Waals surface area contributed by atoms with Crippen LogP contribution in [0, 0.1) is 0 Å². The molecule has 3 nitrogen and oxygen atoms in total. The van der Waals surface area contributed by atoms with Gasteiger partial charge in [-0.15, -0.1) is 23.7 Å². The fraction of sp³-hybridized carbons (Fsp3) is 0.476. The third-order valence-electron chi connectivity index (χ3n) is 5.96. The number of carbonyl (C=O) groups excluding carboxylic acids is 1. The minimum Gasteiger partial charge on any atom is -0.336 e. The van der Waals surface area contributed by atoms with E-state index in [0.29, 0.717) is 0 Å². The summed E-state index contributed by atoms with van der Waals surface area (Å²) in [5.41, 5.74) is 0.777. The van der Waals surface area contributed by atoms with Gasteiger partial charge in [0.15, 0.2) is 0 Å². The number of hydrogen-bond acceptors (Lipinski definition) is 3. The van der Waals surface area contributed by atoms with E-state index in [2.05, 4.69) is 30.0 Å². The molecule has 2 unspecified atom stereocenters. The number of likely N-dealkylation sites (tertiary alicyclic amines) is 2. The lowest BCUT2D eigenvalue weighted by molar-refractivity contribution is -0.137. The third kappa shape index (κ3) is 3.77. The van der Waals surface area contributed by atoms with Crippen molar-refractivity contribution in [3.05, 3.63) is 46.3 Å². The van der Waals surface area contributed by atoms with E-state index in [0.717, 1.165) is 30.1 Å². The number of rotatable bonds is 3. The van der Waals surface area contributed by atoms with Crippen molar-refractivity contribution >= 4 is 41.3 Å². The first-order chi connectivity index (χ1) is 12.5. The number of thiophene rings is 1. The minimum absolute atomic E-state index is 0. The molecule has 6 heteroatoms. The summed E-state index contributed by atoms with van der Waals surface area (Å²) in [5, 5.41) is 0.753. The maximum atomic E-state index is 13.1. The van der Waals surface area contributed by atoms with Gasteiger partial charge in [0.2, 0.25) is 5.91 Å². The van der Waals surface area contributed by atoms with Gasteiger partial charge in [-0.25, -0.2) is 0 Å². The van der Waals surface area contributed by atoms with Gasteiger partial charge >= 0.3 is 0 Å². The highest BCUT2D eigenvalue weighted by Crippen LogP contribution is 2.45. The van der Waals surface area contributed by atoms with Crippen molar-refractivity contribution < 1.29 is 4.79 Å². The molecule has 2 aliphatic rings. The van der Waals surface area contributed by atoms with Gasteiger partial charge in [0, 0.05) is 21.8 Å². The number of benzene rings is 1. The van der Waals surface area contributed by atoms with Crippen molar-refractivity contribution in [2.24, 2.45) is 0 Å². The second kappa shape index (κ2) is 8.12. The normalized spacial score (nSPS) is 26.3. The monoisotopic (exact) mass is 424 g/mol. The lowest BCUT2D eigenvalue weighted by Gasteiger charge is -2.39. The Hall–Kier alpha value is -1.07. The molecule has 2 fully saturated rings. The number of carbonyl (C=O) groups is 1. The molecule has 1 amide bonds. The Labute approximate surface area is 176 Å². The largest absolute Gasteiger partial charge is 0.336 e. The molecule has 3 heterocycles. The number of likely N-dealkylation sites (N-methyl/N-ethyl adjacent to an activating group) is 1. The summed E-state index contributed by atoms with van der Waals surface area (Å²) in [4.78, 5) is 19.9. The topological polar surface area (TPSA) is 23.6 Å². The zero-order valence-electron chi connectivity index (χ0n) is 15.8. The molecule has 2 aliphatic heterocycles. The summed E-state index contributed by atoms with van der Waals surface area (Å²) in [6.45, 7) is 4.23. The first-order valence-corrected chi connectivity index (χ1v) is 10.6. The van der Waals surface area contributed by atoms with E-state index in [1.165, 1.54) is 29.0 Å². The van der Waals surface area contributed by atoms with Gasteiger partial charge in [-0.1, -0.05) is 30.2 Å². The van der Waals surface area contributed by atoms with Crippen molar-refractivity contribution in [2.75, 3.05) is 20.1 Å². The second-order valence-corrected chi connectivity index (χ2v) is 9.22. The van der Waals surface area contributed by atoms with E-state index in [1.807, 2.05) is 30.1 Å². The lowest BCUT2D eigenvalue weighted by Crippen LogP contribution is -2.53. The highest BCUT2D eigenvalue weighted by atomic mass is 35.5. The molecule has 0 spiro atoms. The zero-order valence-corrected chi connectivity index (χ0v) is 18.2. The average Bonchev–Trinajstić information content (AvgIpc) is 3.23. The van der Waals surface area contributed by atoms with Crippen LogP contribution in [0.25, 0.3) is 10.4 Å².